The maximum Gasteiger partial charge on any atom is 0.407 e. The molecule has 2 aromatic carbocycles. The summed E-state index contributed by atoms with van der Waals surface area (Å²) < 4.78 is 23.4. The Balaban J connectivity index is 1.75. The Labute approximate surface area is 151 Å². The fraction of sp³-hybridized carbons (Fsp3) is 0.200. The molecule has 0 aliphatic heterocycles. The summed E-state index contributed by atoms with van der Waals surface area (Å²) in [4.78, 5) is 22.9. The van der Waals surface area contributed by atoms with Gasteiger partial charge in [-0.15, -0.1) is 0 Å². The maximum atomic E-state index is 13.8. The third-order valence-electron chi connectivity index (χ3n) is 3.35. The molecule has 0 atom stereocenters. The highest BCUT2D eigenvalue weighted by atomic mass is 19.1. The summed E-state index contributed by atoms with van der Waals surface area (Å²) in [5, 5.41) is 2.57. The fourth-order valence-corrected chi connectivity index (χ4v) is 2.02. The van der Waals surface area contributed by atoms with Gasteiger partial charge in [-0.05, 0) is 23.8 Å². The molecule has 0 aliphatic rings. The minimum atomic E-state index is -0.610. The van der Waals surface area contributed by atoms with Crippen molar-refractivity contribution in [3.05, 3.63) is 71.0 Å². The standard InChI is InChI=1S/C20H18FNO4/c1-25-19(23)17-11-10-16(18(21)13-17)9-5-6-12-22-20(24)26-14-15-7-3-2-4-8-15/h2-4,7-8,10-11,13H,6,12,14H2,1H3,(H,22,24). The van der Waals surface area contributed by atoms with Gasteiger partial charge in [-0.25, -0.2) is 14.0 Å². The number of nitrogens with one attached hydrogen (secondary N) is 1. The van der Waals surface area contributed by atoms with Crippen molar-refractivity contribution >= 4 is 12.1 Å². The molecule has 0 heterocycles. The SMILES string of the molecule is COC(=O)c1ccc(C#CCCNC(=O)OCc2ccccc2)c(F)c1. The van der Waals surface area contributed by atoms with E-state index in [0.717, 1.165) is 11.6 Å². The van der Waals surface area contributed by atoms with Gasteiger partial charge in [0.1, 0.15) is 12.4 Å². The van der Waals surface area contributed by atoms with Crippen LogP contribution in [-0.2, 0) is 16.1 Å². The van der Waals surface area contributed by atoms with Crippen LogP contribution in [0.5, 0.6) is 0 Å². The Morgan fingerprint density at radius 1 is 1.15 bits per heavy atom. The first kappa shape index (κ1) is 19.0. The van der Waals surface area contributed by atoms with Gasteiger partial charge < -0.3 is 14.8 Å². The molecule has 0 unspecified atom stereocenters. The van der Waals surface area contributed by atoms with Crippen molar-refractivity contribution < 1.29 is 23.5 Å². The number of halogens is 1. The highest BCUT2D eigenvalue weighted by Gasteiger charge is 2.08. The molecule has 134 valence electrons. The van der Waals surface area contributed by atoms with Crippen molar-refractivity contribution in [2.75, 3.05) is 13.7 Å². The summed E-state index contributed by atoms with van der Waals surface area (Å²) in [6.45, 7) is 0.471. The van der Waals surface area contributed by atoms with Crippen molar-refractivity contribution in [3.8, 4) is 11.8 Å². The Morgan fingerprint density at radius 2 is 1.92 bits per heavy atom. The van der Waals surface area contributed by atoms with E-state index in [1.165, 1.54) is 19.2 Å². The Hall–Kier alpha value is -3.33. The number of esters is 1. The minimum absolute atomic E-state index is 0.123. The molecule has 26 heavy (non-hydrogen) atoms. The summed E-state index contributed by atoms with van der Waals surface area (Å²) in [6, 6.07) is 13.3. The quantitative estimate of drug-likeness (QED) is 0.508. The van der Waals surface area contributed by atoms with Crippen molar-refractivity contribution in [2.24, 2.45) is 0 Å². The van der Waals surface area contributed by atoms with Gasteiger partial charge in [0.2, 0.25) is 0 Å². The molecule has 2 aromatic rings. The summed E-state index contributed by atoms with van der Waals surface area (Å²) in [5.74, 6) is 4.21. The summed E-state index contributed by atoms with van der Waals surface area (Å²) in [6.07, 6.45) is -0.206. The molecular formula is C20H18FNO4. The van der Waals surface area contributed by atoms with Gasteiger partial charge in [-0.3, -0.25) is 0 Å². The van der Waals surface area contributed by atoms with Gasteiger partial charge in [0.15, 0.2) is 0 Å². The molecule has 0 aromatic heterocycles. The first-order chi connectivity index (χ1) is 12.6. The lowest BCUT2D eigenvalue weighted by molar-refractivity contribution is 0.0600. The predicted octanol–water partition coefficient (Wildman–Crippen LogP) is 3.28. The maximum absolute atomic E-state index is 13.8. The number of carbonyl (C=O) groups is 2. The van der Waals surface area contributed by atoms with Crippen LogP contribution in [-0.4, -0.2) is 25.7 Å². The predicted molar refractivity (Wildman–Crippen MR) is 93.9 cm³/mol. The largest absolute Gasteiger partial charge is 0.465 e. The number of amides is 1. The van der Waals surface area contributed by atoms with Gasteiger partial charge in [-0.2, -0.15) is 0 Å². The van der Waals surface area contributed by atoms with E-state index in [9.17, 15) is 14.0 Å². The van der Waals surface area contributed by atoms with Gasteiger partial charge in [0, 0.05) is 13.0 Å². The fourth-order valence-electron chi connectivity index (χ4n) is 2.02. The van der Waals surface area contributed by atoms with Gasteiger partial charge >= 0.3 is 12.1 Å². The van der Waals surface area contributed by atoms with Gasteiger partial charge in [0.05, 0.1) is 18.2 Å². The third kappa shape index (κ3) is 5.95. The number of hydrogen-bond donors (Lipinski definition) is 1. The number of alkyl carbamates (subject to hydrolysis) is 1. The van der Waals surface area contributed by atoms with E-state index in [2.05, 4.69) is 21.9 Å². The number of benzene rings is 2. The molecule has 1 N–H and O–H groups in total. The molecule has 0 fully saturated rings. The van der Waals surface area contributed by atoms with Crippen LogP contribution < -0.4 is 5.32 Å². The second kappa shape index (κ2) is 9.84. The zero-order valence-corrected chi connectivity index (χ0v) is 14.3. The number of ether oxygens (including phenoxy) is 2. The number of methoxy groups -OCH3 is 1. The summed E-state index contributed by atoms with van der Waals surface area (Å²) in [7, 11) is 1.23. The molecule has 6 heteroatoms. The summed E-state index contributed by atoms with van der Waals surface area (Å²) >= 11 is 0. The van der Waals surface area contributed by atoms with E-state index in [4.69, 9.17) is 4.74 Å². The molecular weight excluding hydrogens is 337 g/mol. The van der Waals surface area contributed by atoms with E-state index in [1.54, 1.807) is 0 Å². The lowest BCUT2D eigenvalue weighted by Crippen LogP contribution is -2.24. The zero-order valence-electron chi connectivity index (χ0n) is 14.3. The smallest absolute Gasteiger partial charge is 0.407 e. The average molecular weight is 355 g/mol. The number of carbonyl (C=O) groups excluding carboxylic acids is 2. The highest BCUT2D eigenvalue weighted by Crippen LogP contribution is 2.10. The lowest BCUT2D eigenvalue weighted by Gasteiger charge is -2.05. The summed E-state index contributed by atoms with van der Waals surface area (Å²) in [5.41, 5.74) is 1.19. The van der Waals surface area contributed by atoms with Crippen LogP contribution >= 0.6 is 0 Å². The monoisotopic (exact) mass is 355 g/mol. The van der Waals surface area contributed by atoms with Crippen LogP contribution in [0.4, 0.5) is 9.18 Å². The topological polar surface area (TPSA) is 64.6 Å². The number of rotatable bonds is 5. The number of hydrogen-bond acceptors (Lipinski definition) is 4. The van der Waals surface area contributed by atoms with Gasteiger partial charge in [0.25, 0.3) is 0 Å². The average Bonchev–Trinajstić information content (AvgIpc) is 2.67. The molecule has 0 saturated heterocycles. The van der Waals surface area contributed by atoms with E-state index in [0.29, 0.717) is 6.42 Å². The van der Waals surface area contributed by atoms with Crippen LogP contribution in [0, 0.1) is 17.7 Å². The highest BCUT2D eigenvalue weighted by molar-refractivity contribution is 5.89. The van der Waals surface area contributed by atoms with Crippen molar-refractivity contribution in [3.63, 3.8) is 0 Å². The van der Waals surface area contributed by atoms with Crippen LogP contribution in [0.3, 0.4) is 0 Å². The Morgan fingerprint density at radius 3 is 2.62 bits per heavy atom. The molecule has 2 rings (SSSR count). The van der Waals surface area contributed by atoms with Crippen LogP contribution in [0.2, 0.25) is 0 Å². The van der Waals surface area contributed by atoms with Crippen LogP contribution in [0.15, 0.2) is 48.5 Å². The van der Waals surface area contributed by atoms with E-state index >= 15 is 0 Å². The second-order valence-electron chi connectivity index (χ2n) is 5.23. The van der Waals surface area contributed by atoms with E-state index < -0.39 is 17.9 Å². The van der Waals surface area contributed by atoms with Crippen molar-refractivity contribution in [2.45, 2.75) is 13.0 Å². The second-order valence-corrected chi connectivity index (χ2v) is 5.23. The molecule has 0 radical (unpaired) electrons. The molecule has 1 amide bonds. The zero-order chi connectivity index (χ0) is 18.8. The first-order valence-corrected chi connectivity index (χ1v) is 7.91. The van der Waals surface area contributed by atoms with Crippen molar-refractivity contribution in [1.82, 2.24) is 5.32 Å². The lowest BCUT2D eigenvalue weighted by atomic mass is 10.1. The minimum Gasteiger partial charge on any atom is -0.465 e. The third-order valence-corrected chi connectivity index (χ3v) is 3.35. The Kier molecular flexibility index (Phi) is 7.19. The van der Waals surface area contributed by atoms with Crippen LogP contribution in [0.25, 0.3) is 0 Å². The molecule has 0 bridgehead atoms. The van der Waals surface area contributed by atoms with Gasteiger partial charge in [-0.1, -0.05) is 42.2 Å². The molecule has 5 nitrogen and oxygen atoms in total. The molecule has 0 saturated carbocycles. The van der Waals surface area contributed by atoms with E-state index in [-0.39, 0.29) is 24.3 Å². The van der Waals surface area contributed by atoms with E-state index in [1.807, 2.05) is 30.3 Å². The molecule has 0 aliphatic carbocycles. The molecule has 0 spiro atoms. The Bertz CT molecular complexity index is 825. The van der Waals surface area contributed by atoms with Crippen LogP contribution in [0.1, 0.15) is 27.9 Å². The normalized spacial score (nSPS) is 9.62. The first-order valence-electron chi connectivity index (χ1n) is 7.91. The van der Waals surface area contributed by atoms with Crippen molar-refractivity contribution in [1.29, 1.82) is 0 Å².